The van der Waals surface area contributed by atoms with Gasteiger partial charge < -0.3 is 5.32 Å². The lowest BCUT2D eigenvalue weighted by Gasteiger charge is -2.37. The van der Waals surface area contributed by atoms with E-state index in [1.807, 2.05) is 6.92 Å². The van der Waals surface area contributed by atoms with E-state index in [-0.39, 0.29) is 12.6 Å². The minimum atomic E-state index is -4.79. The van der Waals surface area contributed by atoms with E-state index in [4.69, 9.17) is 5.26 Å². The third kappa shape index (κ3) is 3.34. The highest BCUT2D eigenvalue weighted by Crippen LogP contribution is 2.34. The molecule has 2 unspecified atom stereocenters. The van der Waals surface area contributed by atoms with Crippen molar-refractivity contribution in [2.45, 2.75) is 37.0 Å². The number of nitrogens with one attached hydrogen (secondary N) is 1. The second-order valence-electron chi connectivity index (χ2n) is 5.42. The summed E-state index contributed by atoms with van der Waals surface area (Å²) in [6.45, 7) is 4.11. The zero-order valence-corrected chi connectivity index (χ0v) is 13.4. The van der Waals surface area contributed by atoms with Crippen LogP contribution in [0.2, 0.25) is 0 Å². The van der Waals surface area contributed by atoms with Gasteiger partial charge in [0.05, 0.1) is 22.1 Å². The van der Waals surface area contributed by atoms with Gasteiger partial charge in [-0.3, -0.25) is 0 Å². The molecular weight excluding hydrogens is 331 g/mol. The molecule has 5 nitrogen and oxygen atoms in total. The zero-order chi connectivity index (χ0) is 17.4. The molecule has 0 amide bonds. The van der Waals surface area contributed by atoms with Crippen LogP contribution < -0.4 is 5.32 Å². The minimum Gasteiger partial charge on any atom is -0.311 e. The van der Waals surface area contributed by atoms with Crippen LogP contribution in [0.5, 0.6) is 0 Å². The van der Waals surface area contributed by atoms with Crippen LogP contribution in [0.25, 0.3) is 0 Å². The number of halogens is 3. The van der Waals surface area contributed by atoms with Crippen molar-refractivity contribution in [2.75, 3.05) is 13.1 Å². The van der Waals surface area contributed by atoms with Crippen molar-refractivity contribution in [2.24, 2.45) is 0 Å². The molecule has 0 bridgehead atoms. The van der Waals surface area contributed by atoms with E-state index < -0.39 is 38.3 Å². The van der Waals surface area contributed by atoms with Crippen LogP contribution in [0, 0.1) is 11.3 Å². The summed E-state index contributed by atoms with van der Waals surface area (Å²) in [5.74, 6) is 0. The van der Waals surface area contributed by atoms with Crippen LogP contribution in [-0.2, 0) is 16.2 Å². The van der Waals surface area contributed by atoms with Gasteiger partial charge in [0.25, 0.3) is 0 Å². The molecule has 0 aromatic heterocycles. The van der Waals surface area contributed by atoms with Gasteiger partial charge >= 0.3 is 6.18 Å². The lowest BCUT2D eigenvalue weighted by molar-refractivity contribution is -0.137. The van der Waals surface area contributed by atoms with Gasteiger partial charge in [-0.15, -0.1) is 0 Å². The molecule has 23 heavy (non-hydrogen) atoms. The minimum absolute atomic E-state index is 0.112. The number of sulfonamides is 1. The highest BCUT2D eigenvalue weighted by atomic mass is 32.2. The van der Waals surface area contributed by atoms with Crippen molar-refractivity contribution >= 4 is 10.0 Å². The highest BCUT2D eigenvalue weighted by molar-refractivity contribution is 7.89. The van der Waals surface area contributed by atoms with E-state index in [2.05, 4.69) is 5.32 Å². The number of rotatable bonds is 2. The quantitative estimate of drug-likeness (QED) is 0.887. The van der Waals surface area contributed by atoms with Gasteiger partial charge in [-0.25, -0.2) is 8.42 Å². The van der Waals surface area contributed by atoms with Gasteiger partial charge in [-0.1, -0.05) is 0 Å². The fourth-order valence-electron chi connectivity index (χ4n) is 2.52. The van der Waals surface area contributed by atoms with Crippen LogP contribution in [0.1, 0.15) is 25.0 Å². The standard InChI is InChI=1S/C14H16F3N3O2S/c1-9-10(2)20(6-5-19-9)23(21,22)12-4-3-11(8-18)13(7-12)14(15,16)17/h3-4,7,9-10,19H,5-6H2,1-2H3. The summed E-state index contributed by atoms with van der Waals surface area (Å²) in [4.78, 5) is -0.454. The van der Waals surface area contributed by atoms with Crippen molar-refractivity contribution in [3.8, 4) is 6.07 Å². The first-order valence-corrected chi connectivity index (χ1v) is 8.39. The van der Waals surface area contributed by atoms with Gasteiger partial charge in [-0.05, 0) is 32.0 Å². The fourth-order valence-corrected chi connectivity index (χ4v) is 4.25. The molecule has 1 aromatic rings. The van der Waals surface area contributed by atoms with Crippen molar-refractivity contribution in [1.29, 1.82) is 5.26 Å². The second kappa shape index (κ2) is 6.11. The number of nitrogens with zero attached hydrogens (tertiary/aromatic N) is 2. The van der Waals surface area contributed by atoms with E-state index >= 15 is 0 Å². The van der Waals surface area contributed by atoms with Gasteiger partial charge in [0, 0.05) is 25.2 Å². The van der Waals surface area contributed by atoms with Crippen LogP contribution in [0.3, 0.4) is 0 Å². The summed E-state index contributed by atoms with van der Waals surface area (Å²) in [7, 11) is -4.07. The van der Waals surface area contributed by atoms with E-state index in [0.717, 1.165) is 12.1 Å². The Bertz CT molecular complexity index is 741. The van der Waals surface area contributed by atoms with Crippen LogP contribution in [0.15, 0.2) is 23.1 Å². The van der Waals surface area contributed by atoms with Gasteiger partial charge in [0.15, 0.2) is 0 Å². The number of alkyl halides is 3. The topological polar surface area (TPSA) is 73.2 Å². The Hall–Kier alpha value is -1.63. The Morgan fingerprint density at radius 2 is 2.00 bits per heavy atom. The maximum atomic E-state index is 13.0. The highest BCUT2D eigenvalue weighted by Gasteiger charge is 2.38. The Balaban J connectivity index is 2.51. The molecule has 0 aliphatic carbocycles. The third-order valence-electron chi connectivity index (χ3n) is 4.00. The zero-order valence-electron chi connectivity index (χ0n) is 12.6. The molecule has 1 N–H and O–H groups in total. The van der Waals surface area contributed by atoms with E-state index in [9.17, 15) is 21.6 Å². The molecule has 2 atom stereocenters. The van der Waals surface area contributed by atoms with Crippen molar-refractivity contribution in [3.63, 3.8) is 0 Å². The summed E-state index contributed by atoms with van der Waals surface area (Å²) in [5.41, 5.74) is -1.84. The Morgan fingerprint density at radius 1 is 1.35 bits per heavy atom. The molecule has 1 saturated heterocycles. The summed E-state index contributed by atoms with van der Waals surface area (Å²) >= 11 is 0. The molecule has 1 aliphatic heterocycles. The summed E-state index contributed by atoms with van der Waals surface area (Å²) in [6, 6.07) is 3.41. The number of hydrogen-bond donors (Lipinski definition) is 1. The first-order valence-electron chi connectivity index (χ1n) is 6.95. The first kappa shape index (κ1) is 17.7. The maximum absolute atomic E-state index is 13.0. The molecular formula is C14H16F3N3O2S. The summed E-state index contributed by atoms with van der Waals surface area (Å²) < 4.78 is 65.6. The molecule has 1 aliphatic rings. The van der Waals surface area contributed by atoms with Crippen LogP contribution in [0.4, 0.5) is 13.2 Å². The summed E-state index contributed by atoms with van der Waals surface area (Å²) in [6.07, 6.45) is -4.79. The van der Waals surface area contributed by atoms with Crippen molar-refractivity contribution in [3.05, 3.63) is 29.3 Å². The number of piperazine rings is 1. The predicted octanol–water partition coefficient (Wildman–Crippen LogP) is 1.95. The van der Waals surface area contributed by atoms with E-state index in [1.165, 1.54) is 10.4 Å². The van der Waals surface area contributed by atoms with Gasteiger partial charge in [0.1, 0.15) is 0 Å². The average Bonchev–Trinajstić information content (AvgIpc) is 2.48. The molecule has 2 rings (SSSR count). The van der Waals surface area contributed by atoms with Crippen molar-refractivity contribution < 1.29 is 21.6 Å². The summed E-state index contributed by atoms with van der Waals surface area (Å²) in [5, 5.41) is 11.9. The monoisotopic (exact) mass is 347 g/mol. The molecule has 1 aromatic carbocycles. The predicted molar refractivity (Wildman–Crippen MR) is 77.0 cm³/mol. The lowest BCUT2D eigenvalue weighted by Crippen LogP contribution is -2.57. The number of nitriles is 1. The molecule has 9 heteroatoms. The Kier molecular flexibility index (Phi) is 4.71. The Labute approximate surface area is 132 Å². The van der Waals surface area contributed by atoms with E-state index in [0.29, 0.717) is 12.6 Å². The van der Waals surface area contributed by atoms with Crippen molar-refractivity contribution in [1.82, 2.24) is 9.62 Å². The molecule has 1 heterocycles. The normalized spacial score (nSPS) is 23.5. The third-order valence-corrected chi connectivity index (χ3v) is 5.98. The van der Waals surface area contributed by atoms with Crippen LogP contribution >= 0.6 is 0 Å². The SMILES string of the molecule is CC1NCCN(S(=O)(=O)c2ccc(C#N)c(C(F)(F)F)c2)C1C. The second-order valence-corrected chi connectivity index (χ2v) is 7.31. The van der Waals surface area contributed by atoms with Gasteiger partial charge in [-0.2, -0.15) is 22.7 Å². The molecule has 0 radical (unpaired) electrons. The number of hydrogen-bond acceptors (Lipinski definition) is 4. The molecule has 126 valence electrons. The van der Waals surface area contributed by atoms with E-state index in [1.54, 1.807) is 6.92 Å². The lowest BCUT2D eigenvalue weighted by atomic mass is 10.1. The molecule has 0 saturated carbocycles. The smallest absolute Gasteiger partial charge is 0.311 e. The number of benzene rings is 1. The first-order chi connectivity index (χ1) is 10.6. The Morgan fingerprint density at radius 3 is 2.57 bits per heavy atom. The maximum Gasteiger partial charge on any atom is 0.417 e. The largest absolute Gasteiger partial charge is 0.417 e. The molecule has 1 fully saturated rings. The molecule has 0 spiro atoms. The fraction of sp³-hybridized carbons (Fsp3) is 0.500. The van der Waals surface area contributed by atoms with Crippen LogP contribution in [-0.4, -0.2) is 37.9 Å². The van der Waals surface area contributed by atoms with Gasteiger partial charge in [0.2, 0.25) is 10.0 Å². The average molecular weight is 347 g/mol.